The van der Waals surface area contributed by atoms with Gasteiger partial charge in [-0.15, -0.1) is 0 Å². The maximum absolute atomic E-state index is 12.3. The lowest BCUT2D eigenvalue weighted by atomic mass is 10.1. The van der Waals surface area contributed by atoms with Crippen molar-refractivity contribution in [1.29, 1.82) is 0 Å². The fraction of sp³-hybridized carbons (Fsp3) is 0.286. The van der Waals surface area contributed by atoms with E-state index in [1.54, 1.807) is 49.4 Å². The molecule has 148 valence electrons. The molecular formula is C21H23ClN2O4. The van der Waals surface area contributed by atoms with Gasteiger partial charge >= 0.3 is 5.97 Å². The summed E-state index contributed by atoms with van der Waals surface area (Å²) >= 11 is 5.95. The van der Waals surface area contributed by atoms with Crippen molar-refractivity contribution in [2.45, 2.75) is 20.8 Å². The van der Waals surface area contributed by atoms with Gasteiger partial charge in [-0.05, 0) is 50.6 Å². The molecule has 0 saturated carbocycles. The van der Waals surface area contributed by atoms with E-state index < -0.39 is 18.5 Å². The third-order valence-corrected chi connectivity index (χ3v) is 4.39. The van der Waals surface area contributed by atoms with Crippen LogP contribution in [0.1, 0.15) is 28.4 Å². The normalized spacial score (nSPS) is 10.3. The zero-order chi connectivity index (χ0) is 20.7. The Hall–Kier alpha value is -2.86. The Labute approximate surface area is 169 Å². The number of carbonyl (C=O) groups is 3. The molecule has 6 nitrogen and oxygen atoms in total. The monoisotopic (exact) mass is 402 g/mol. The number of nitrogens with zero attached hydrogens (tertiary/aromatic N) is 1. The summed E-state index contributed by atoms with van der Waals surface area (Å²) in [7, 11) is 0. The van der Waals surface area contributed by atoms with E-state index in [-0.39, 0.29) is 12.5 Å². The van der Waals surface area contributed by atoms with Crippen LogP contribution >= 0.6 is 11.6 Å². The second-order valence-corrected chi connectivity index (χ2v) is 6.79. The van der Waals surface area contributed by atoms with Crippen LogP contribution < -0.4 is 5.32 Å². The first-order valence-electron chi connectivity index (χ1n) is 8.87. The number of aryl methyl sites for hydroxylation is 2. The average Bonchev–Trinajstić information content (AvgIpc) is 2.67. The van der Waals surface area contributed by atoms with Crippen molar-refractivity contribution in [2.24, 2.45) is 0 Å². The van der Waals surface area contributed by atoms with E-state index in [9.17, 15) is 14.4 Å². The molecule has 0 radical (unpaired) electrons. The van der Waals surface area contributed by atoms with E-state index in [1.165, 1.54) is 4.90 Å². The fourth-order valence-corrected chi connectivity index (χ4v) is 2.63. The summed E-state index contributed by atoms with van der Waals surface area (Å²) in [5.41, 5.74) is 2.84. The van der Waals surface area contributed by atoms with E-state index in [2.05, 4.69) is 5.32 Å². The molecule has 7 heteroatoms. The highest BCUT2D eigenvalue weighted by Gasteiger charge is 2.18. The van der Waals surface area contributed by atoms with Crippen molar-refractivity contribution >= 4 is 35.1 Å². The number of benzene rings is 2. The van der Waals surface area contributed by atoms with Crippen molar-refractivity contribution in [2.75, 3.05) is 25.0 Å². The first-order chi connectivity index (χ1) is 13.3. The molecule has 2 rings (SSSR count). The van der Waals surface area contributed by atoms with Gasteiger partial charge in [0.15, 0.2) is 6.61 Å². The van der Waals surface area contributed by atoms with Crippen molar-refractivity contribution in [3.63, 3.8) is 0 Å². The van der Waals surface area contributed by atoms with E-state index in [1.807, 2.05) is 13.8 Å². The van der Waals surface area contributed by atoms with Gasteiger partial charge in [0, 0.05) is 17.3 Å². The molecule has 0 unspecified atom stereocenters. The number of rotatable bonds is 7. The standard InChI is InChI=1S/C21H23ClN2O4/c1-4-24(12-19(25)23-18-11-17(22)10-7-15(18)3)20(26)13-28-21(27)16-8-5-14(2)6-9-16/h5-11H,4,12-13H2,1-3H3,(H,23,25). The van der Waals surface area contributed by atoms with Crippen molar-refractivity contribution in [3.05, 3.63) is 64.2 Å². The number of anilines is 1. The molecule has 0 aromatic heterocycles. The van der Waals surface area contributed by atoms with Gasteiger partial charge in [0.1, 0.15) is 0 Å². The number of hydrogen-bond acceptors (Lipinski definition) is 4. The molecule has 0 bridgehead atoms. The van der Waals surface area contributed by atoms with Gasteiger partial charge in [0.25, 0.3) is 5.91 Å². The maximum atomic E-state index is 12.3. The second-order valence-electron chi connectivity index (χ2n) is 6.36. The molecule has 2 aromatic carbocycles. The highest BCUT2D eigenvalue weighted by atomic mass is 35.5. The lowest BCUT2D eigenvalue weighted by Gasteiger charge is -2.20. The zero-order valence-electron chi connectivity index (χ0n) is 16.1. The summed E-state index contributed by atoms with van der Waals surface area (Å²) in [6, 6.07) is 12.0. The summed E-state index contributed by atoms with van der Waals surface area (Å²) in [5.74, 6) is -1.38. The largest absolute Gasteiger partial charge is 0.452 e. The van der Waals surface area contributed by atoms with E-state index >= 15 is 0 Å². The molecule has 0 fully saturated rings. The summed E-state index contributed by atoms with van der Waals surface area (Å²) in [5, 5.41) is 3.25. The molecule has 0 aliphatic carbocycles. The number of hydrogen-bond donors (Lipinski definition) is 1. The Balaban J connectivity index is 1.90. The minimum atomic E-state index is -0.580. The van der Waals surface area contributed by atoms with Gasteiger partial charge in [-0.1, -0.05) is 35.4 Å². The minimum Gasteiger partial charge on any atom is -0.452 e. The lowest BCUT2D eigenvalue weighted by Crippen LogP contribution is -2.40. The predicted octanol–water partition coefficient (Wildman–Crippen LogP) is 3.60. The van der Waals surface area contributed by atoms with Gasteiger partial charge in [0.2, 0.25) is 5.91 Å². The molecule has 0 saturated heterocycles. The van der Waals surface area contributed by atoms with Crippen molar-refractivity contribution in [3.8, 4) is 0 Å². The SMILES string of the molecule is CCN(CC(=O)Nc1cc(Cl)ccc1C)C(=O)COC(=O)c1ccc(C)cc1. The Morgan fingerprint density at radius 3 is 2.39 bits per heavy atom. The van der Waals surface area contributed by atoms with Crippen LogP contribution in [-0.4, -0.2) is 42.4 Å². The minimum absolute atomic E-state index is 0.149. The Kier molecular flexibility index (Phi) is 7.58. The lowest BCUT2D eigenvalue weighted by molar-refractivity contribution is -0.137. The first-order valence-corrected chi connectivity index (χ1v) is 9.25. The zero-order valence-corrected chi connectivity index (χ0v) is 16.9. The number of amides is 2. The van der Waals surface area contributed by atoms with Crippen LogP contribution in [0.4, 0.5) is 5.69 Å². The summed E-state index contributed by atoms with van der Waals surface area (Å²) in [6.07, 6.45) is 0. The highest BCUT2D eigenvalue weighted by Crippen LogP contribution is 2.20. The van der Waals surface area contributed by atoms with Gasteiger partial charge in [0.05, 0.1) is 12.1 Å². The smallest absolute Gasteiger partial charge is 0.338 e. The van der Waals surface area contributed by atoms with Gasteiger partial charge < -0.3 is 15.0 Å². The Morgan fingerprint density at radius 1 is 1.07 bits per heavy atom. The molecule has 2 aromatic rings. The molecule has 0 aliphatic rings. The topological polar surface area (TPSA) is 75.7 Å². The van der Waals surface area contributed by atoms with Crippen LogP contribution in [0.3, 0.4) is 0 Å². The van der Waals surface area contributed by atoms with Crippen molar-refractivity contribution < 1.29 is 19.1 Å². The number of nitrogens with one attached hydrogen (secondary N) is 1. The highest BCUT2D eigenvalue weighted by molar-refractivity contribution is 6.31. The molecule has 28 heavy (non-hydrogen) atoms. The molecule has 0 heterocycles. The van der Waals surface area contributed by atoms with E-state index in [4.69, 9.17) is 16.3 Å². The van der Waals surface area contributed by atoms with Crippen LogP contribution in [-0.2, 0) is 14.3 Å². The quantitative estimate of drug-likeness (QED) is 0.718. The number of likely N-dealkylation sites (N-methyl/N-ethyl adjacent to an activating group) is 1. The molecule has 0 aliphatic heterocycles. The molecule has 1 N–H and O–H groups in total. The number of halogens is 1. The van der Waals surface area contributed by atoms with Crippen LogP contribution in [0, 0.1) is 13.8 Å². The number of carbonyl (C=O) groups excluding carboxylic acids is 3. The number of ether oxygens (including phenoxy) is 1. The van der Waals surface area contributed by atoms with Gasteiger partial charge in [-0.2, -0.15) is 0 Å². The summed E-state index contributed by atoms with van der Waals surface area (Å²) in [6.45, 7) is 5.24. The summed E-state index contributed by atoms with van der Waals surface area (Å²) in [4.78, 5) is 37.9. The summed E-state index contributed by atoms with van der Waals surface area (Å²) < 4.78 is 5.07. The second kappa shape index (κ2) is 9.90. The third kappa shape index (κ3) is 6.09. The predicted molar refractivity (Wildman–Crippen MR) is 109 cm³/mol. The van der Waals surface area contributed by atoms with Crippen LogP contribution in [0.25, 0.3) is 0 Å². The molecule has 2 amide bonds. The average molecular weight is 403 g/mol. The Morgan fingerprint density at radius 2 is 1.75 bits per heavy atom. The maximum Gasteiger partial charge on any atom is 0.338 e. The van der Waals surface area contributed by atoms with E-state index in [0.717, 1.165) is 11.1 Å². The first kappa shape index (κ1) is 21.4. The molecular weight excluding hydrogens is 380 g/mol. The van der Waals surface area contributed by atoms with Crippen molar-refractivity contribution in [1.82, 2.24) is 4.90 Å². The Bertz CT molecular complexity index is 865. The van der Waals surface area contributed by atoms with Crippen LogP contribution in [0.5, 0.6) is 0 Å². The van der Waals surface area contributed by atoms with Crippen LogP contribution in [0.2, 0.25) is 5.02 Å². The van der Waals surface area contributed by atoms with Gasteiger partial charge in [-0.3, -0.25) is 9.59 Å². The third-order valence-electron chi connectivity index (χ3n) is 4.16. The van der Waals surface area contributed by atoms with Crippen LogP contribution in [0.15, 0.2) is 42.5 Å². The number of esters is 1. The molecule has 0 atom stereocenters. The van der Waals surface area contributed by atoms with Gasteiger partial charge in [-0.25, -0.2) is 4.79 Å². The van der Waals surface area contributed by atoms with E-state index in [0.29, 0.717) is 22.8 Å². The molecule has 0 spiro atoms. The fourth-order valence-electron chi connectivity index (χ4n) is 2.46.